The van der Waals surface area contributed by atoms with Crippen molar-refractivity contribution in [3.05, 3.63) is 61.0 Å². The van der Waals surface area contributed by atoms with E-state index in [0.29, 0.717) is 32.8 Å². The summed E-state index contributed by atoms with van der Waals surface area (Å²) in [5.41, 5.74) is 1.79. The molecule has 0 bridgehead atoms. The highest BCUT2D eigenvalue weighted by molar-refractivity contribution is 9.10. The van der Waals surface area contributed by atoms with Crippen molar-refractivity contribution in [3.63, 3.8) is 0 Å². The Bertz CT molecular complexity index is 632. The summed E-state index contributed by atoms with van der Waals surface area (Å²) in [6.45, 7) is 0.341. The maximum atomic E-state index is 6.17. The zero-order chi connectivity index (χ0) is 14.7. The molecule has 0 radical (unpaired) electrons. The Hall–Kier alpha value is 0.0700. The lowest BCUT2D eigenvalue weighted by atomic mass is 10.2. The Kier molecular flexibility index (Phi) is 6.06. The minimum Gasteiger partial charge on any atom is -0.487 e. The number of alkyl halides is 1. The highest BCUT2D eigenvalue weighted by Crippen LogP contribution is 2.34. The van der Waals surface area contributed by atoms with Crippen LogP contribution in [0.15, 0.2) is 34.8 Å². The SMILES string of the molecule is Clc1cc(Cl)c(OCc2ccc(Br)cc2Cl)c(CBr)c1. The largest absolute Gasteiger partial charge is 0.487 e. The molecule has 0 amide bonds. The average molecular weight is 459 g/mol. The first-order valence-corrected chi connectivity index (χ1v) is 8.66. The van der Waals surface area contributed by atoms with E-state index in [-0.39, 0.29) is 0 Å². The molecule has 0 spiro atoms. The Labute approximate surface area is 149 Å². The van der Waals surface area contributed by atoms with Gasteiger partial charge in [-0.25, -0.2) is 0 Å². The second kappa shape index (κ2) is 7.37. The van der Waals surface area contributed by atoms with Crippen LogP contribution in [0, 0.1) is 0 Å². The first-order chi connectivity index (χ1) is 9.51. The molecule has 1 nitrogen and oxygen atoms in total. The molecule has 0 atom stereocenters. The maximum Gasteiger partial charge on any atom is 0.142 e. The third-order valence-corrected chi connectivity index (χ3v) is 4.56. The van der Waals surface area contributed by atoms with Crippen LogP contribution < -0.4 is 4.74 Å². The summed E-state index contributed by atoms with van der Waals surface area (Å²) in [7, 11) is 0. The van der Waals surface area contributed by atoms with Gasteiger partial charge in [0.05, 0.1) is 5.02 Å². The summed E-state index contributed by atoms with van der Waals surface area (Å²) in [6.07, 6.45) is 0. The molecule has 106 valence electrons. The number of benzene rings is 2. The van der Waals surface area contributed by atoms with Gasteiger partial charge in [0, 0.05) is 31.0 Å². The Morgan fingerprint density at radius 2 is 1.70 bits per heavy atom. The van der Waals surface area contributed by atoms with Crippen LogP contribution in [0.3, 0.4) is 0 Å². The minimum absolute atomic E-state index is 0.341. The van der Waals surface area contributed by atoms with Crippen molar-refractivity contribution >= 4 is 66.7 Å². The van der Waals surface area contributed by atoms with Gasteiger partial charge < -0.3 is 4.74 Å². The molecule has 0 heterocycles. The molecule has 0 aliphatic heterocycles. The zero-order valence-electron chi connectivity index (χ0n) is 10.1. The molecule has 0 saturated heterocycles. The third-order valence-electron chi connectivity index (χ3n) is 2.62. The van der Waals surface area contributed by atoms with Crippen LogP contribution in [-0.2, 0) is 11.9 Å². The van der Waals surface area contributed by atoms with Crippen molar-refractivity contribution in [1.29, 1.82) is 0 Å². The van der Waals surface area contributed by atoms with Crippen molar-refractivity contribution in [3.8, 4) is 5.75 Å². The standard InChI is InChI=1S/C14H9Br2Cl3O/c15-6-9-3-11(17)5-13(19)14(9)20-7-8-1-2-10(16)4-12(8)18/h1-5H,6-7H2. The van der Waals surface area contributed by atoms with Gasteiger partial charge in [-0.05, 0) is 24.3 Å². The molecule has 2 aromatic rings. The molecule has 0 fully saturated rings. The highest BCUT2D eigenvalue weighted by atomic mass is 79.9. The zero-order valence-corrected chi connectivity index (χ0v) is 15.5. The molecule has 0 saturated carbocycles. The lowest BCUT2D eigenvalue weighted by molar-refractivity contribution is 0.304. The van der Waals surface area contributed by atoms with E-state index in [0.717, 1.165) is 15.6 Å². The van der Waals surface area contributed by atoms with E-state index in [2.05, 4.69) is 31.9 Å². The molecule has 2 rings (SSSR count). The van der Waals surface area contributed by atoms with Crippen molar-refractivity contribution in [2.45, 2.75) is 11.9 Å². The first-order valence-electron chi connectivity index (χ1n) is 5.62. The fraction of sp³-hybridized carbons (Fsp3) is 0.143. The van der Waals surface area contributed by atoms with Crippen molar-refractivity contribution in [2.75, 3.05) is 0 Å². The van der Waals surface area contributed by atoms with E-state index < -0.39 is 0 Å². The third kappa shape index (κ3) is 4.05. The lowest BCUT2D eigenvalue weighted by Gasteiger charge is -2.13. The second-order valence-corrected chi connectivity index (χ2v) is 6.76. The molecule has 2 aromatic carbocycles. The molecule has 6 heteroatoms. The highest BCUT2D eigenvalue weighted by Gasteiger charge is 2.11. The molecular weight excluding hydrogens is 450 g/mol. The molecule has 0 aliphatic rings. The van der Waals surface area contributed by atoms with Crippen LogP contribution in [-0.4, -0.2) is 0 Å². The first kappa shape index (κ1) is 16.4. The summed E-state index contributed by atoms with van der Waals surface area (Å²) >= 11 is 25.1. The van der Waals surface area contributed by atoms with E-state index in [9.17, 15) is 0 Å². The average Bonchev–Trinajstić information content (AvgIpc) is 2.38. The Balaban J connectivity index is 2.22. The quantitative estimate of drug-likeness (QED) is 0.453. The van der Waals surface area contributed by atoms with E-state index in [1.807, 2.05) is 24.3 Å². The van der Waals surface area contributed by atoms with E-state index >= 15 is 0 Å². The number of hydrogen-bond donors (Lipinski definition) is 0. The van der Waals surface area contributed by atoms with Crippen LogP contribution in [0.25, 0.3) is 0 Å². The Morgan fingerprint density at radius 3 is 2.35 bits per heavy atom. The predicted octanol–water partition coefficient (Wildman–Crippen LogP) is 6.88. The van der Waals surface area contributed by atoms with Crippen LogP contribution in [0.5, 0.6) is 5.75 Å². The van der Waals surface area contributed by atoms with Gasteiger partial charge in [0.1, 0.15) is 12.4 Å². The summed E-state index contributed by atoms with van der Waals surface area (Å²) in [4.78, 5) is 0. The fourth-order valence-electron chi connectivity index (χ4n) is 1.66. The van der Waals surface area contributed by atoms with Gasteiger partial charge in [-0.1, -0.05) is 72.7 Å². The van der Waals surface area contributed by atoms with E-state index in [1.54, 1.807) is 6.07 Å². The summed E-state index contributed by atoms with van der Waals surface area (Å²) < 4.78 is 6.73. The van der Waals surface area contributed by atoms with Crippen LogP contribution in [0.1, 0.15) is 11.1 Å². The van der Waals surface area contributed by atoms with Gasteiger partial charge in [-0.3, -0.25) is 0 Å². The second-order valence-electron chi connectivity index (χ2n) is 4.03. The number of hydrogen-bond acceptors (Lipinski definition) is 1. The van der Waals surface area contributed by atoms with Gasteiger partial charge in [0.2, 0.25) is 0 Å². The number of rotatable bonds is 4. The molecule has 20 heavy (non-hydrogen) atoms. The fourth-order valence-corrected chi connectivity index (χ4v) is 3.40. The van der Waals surface area contributed by atoms with Gasteiger partial charge in [0.25, 0.3) is 0 Å². The molecule has 0 aromatic heterocycles. The normalized spacial score (nSPS) is 10.7. The molecule has 0 aliphatic carbocycles. The summed E-state index contributed by atoms with van der Waals surface area (Å²) in [6, 6.07) is 9.13. The van der Waals surface area contributed by atoms with Gasteiger partial charge in [-0.15, -0.1) is 0 Å². The smallest absolute Gasteiger partial charge is 0.142 e. The topological polar surface area (TPSA) is 9.23 Å². The van der Waals surface area contributed by atoms with Gasteiger partial charge in [-0.2, -0.15) is 0 Å². The maximum absolute atomic E-state index is 6.17. The molecular formula is C14H9Br2Cl3O. The minimum atomic E-state index is 0.341. The van der Waals surface area contributed by atoms with E-state index in [4.69, 9.17) is 39.5 Å². The van der Waals surface area contributed by atoms with Crippen molar-refractivity contribution < 1.29 is 4.74 Å². The van der Waals surface area contributed by atoms with Gasteiger partial charge in [0.15, 0.2) is 0 Å². The van der Waals surface area contributed by atoms with Gasteiger partial charge >= 0.3 is 0 Å². The van der Waals surface area contributed by atoms with Crippen LogP contribution in [0.4, 0.5) is 0 Å². The monoisotopic (exact) mass is 456 g/mol. The summed E-state index contributed by atoms with van der Waals surface area (Å²) in [5, 5.41) is 2.32. The van der Waals surface area contributed by atoms with E-state index in [1.165, 1.54) is 0 Å². The number of halogens is 5. The van der Waals surface area contributed by atoms with Crippen molar-refractivity contribution in [1.82, 2.24) is 0 Å². The van der Waals surface area contributed by atoms with Crippen molar-refractivity contribution in [2.24, 2.45) is 0 Å². The lowest BCUT2D eigenvalue weighted by Crippen LogP contribution is -1.99. The molecule has 0 N–H and O–H groups in total. The van der Waals surface area contributed by atoms with Crippen LogP contribution in [0.2, 0.25) is 15.1 Å². The number of ether oxygens (including phenoxy) is 1. The Morgan fingerprint density at radius 1 is 0.950 bits per heavy atom. The predicted molar refractivity (Wildman–Crippen MR) is 92.6 cm³/mol. The molecule has 0 unspecified atom stereocenters. The van der Waals surface area contributed by atoms with Crippen LogP contribution >= 0.6 is 66.7 Å². The summed E-state index contributed by atoms with van der Waals surface area (Å²) in [5.74, 6) is 0.618.